The lowest BCUT2D eigenvalue weighted by atomic mass is 9.96. The minimum atomic E-state index is -3.66. The van der Waals surface area contributed by atoms with E-state index in [0.717, 1.165) is 42.4 Å². The molecule has 3 heterocycles. The third kappa shape index (κ3) is 5.28. The van der Waals surface area contributed by atoms with E-state index in [2.05, 4.69) is 4.98 Å². The number of ether oxygens (including phenoxy) is 2. The predicted molar refractivity (Wildman–Crippen MR) is 154 cm³/mol. The molecule has 0 saturated heterocycles. The number of rotatable bonds is 7. The van der Waals surface area contributed by atoms with Gasteiger partial charge in [0.15, 0.2) is 16.6 Å². The number of sulfonamides is 1. The van der Waals surface area contributed by atoms with Gasteiger partial charge in [-0.2, -0.15) is 4.31 Å². The van der Waals surface area contributed by atoms with Crippen molar-refractivity contribution in [2.24, 2.45) is 0 Å². The molecule has 1 amide bonds. The first kappa shape index (κ1) is 26.7. The van der Waals surface area contributed by atoms with Gasteiger partial charge in [-0.15, -0.1) is 0 Å². The number of carbonyl (C=O) groups is 1. The Balaban J connectivity index is 1.31. The maximum absolute atomic E-state index is 13.9. The van der Waals surface area contributed by atoms with Gasteiger partial charge in [-0.1, -0.05) is 36.7 Å². The molecule has 0 bridgehead atoms. The van der Waals surface area contributed by atoms with Crippen molar-refractivity contribution in [3.05, 3.63) is 72.1 Å². The first-order chi connectivity index (χ1) is 19.4. The van der Waals surface area contributed by atoms with Gasteiger partial charge in [0.2, 0.25) is 10.0 Å². The number of hydrogen-bond donors (Lipinski definition) is 0. The number of anilines is 1. The van der Waals surface area contributed by atoms with E-state index in [1.165, 1.54) is 27.8 Å². The number of benzene rings is 2. The molecule has 0 N–H and O–H groups in total. The van der Waals surface area contributed by atoms with Crippen LogP contribution in [0, 0.1) is 0 Å². The highest BCUT2D eigenvalue weighted by Gasteiger charge is 2.30. The molecule has 4 aromatic rings. The molecule has 6 rings (SSSR count). The smallest absolute Gasteiger partial charge is 0.260 e. The summed E-state index contributed by atoms with van der Waals surface area (Å²) in [6, 6.07) is 13.6. The monoisotopic (exact) mass is 578 g/mol. The number of aromatic nitrogens is 2. The maximum atomic E-state index is 13.9. The molecule has 2 aromatic carbocycles. The second-order valence-electron chi connectivity index (χ2n) is 10.1. The number of thiazole rings is 1. The summed E-state index contributed by atoms with van der Waals surface area (Å²) < 4.78 is 40.4. The van der Waals surface area contributed by atoms with Crippen LogP contribution in [0.5, 0.6) is 11.5 Å². The van der Waals surface area contributed by atoms with Crippen molar-refractivity contribution in [2.45, 2.75) is 49.6 Å². The second-order valence-corrected chi connectivity index (χ2v) is 13.1. The SMILES string of the molecule is CN(C1CCCCC1)S(=O)(=O)c1ccc(C(=O)N(Cc2cccnc2)c2nc3cc4c(cc3s2)OCCO4)cc1. The highest BCUT2D eigenvalue weighted by atomic mass is 32.2. The van der Waals surface area contributed by atoms with Crippen LogP contribution in [-0.2, 0) is 16.6 Å². The minimum absolute atomic E-state index is 0.00975. The summed E-state index contributed by atoms with van der Waals surface area (Å²) in [6.07, 6.45) is 8.37. The quantitative estimate of drug-likeness (QED) is 0.295. The molecule has 11 heteroatoms. The average Bonchev–Trinajstić information content (AvgIpc) is 3.41. The third-order valence-electron chi connectivity index (χ3n) is 7.45. The highest BCUT2D eigenvalue weighted by molar-refractivity contribution is 7.89. The zero-order valence-electron chi connectivity index (χ0n) is 22.2. The first-order valence-electron chi connectivity index (χ1n) is 13.4. The van der Waals surface area contributed by atoms with E-state index in [4.69, 9.17) is 14.5 Å². The van der Waals surface area contributed by atoms with Crippen LogP contribution >= 0.6 is 11.3 Å². The van der Waals surface area contributed by atoms with Gasteiger partial charge in [-0.3, -0.25) is 14.7 Å². The van der Waals surface area contributed by atoms with Crippen molar-refractivity contribution in [3.63, 3.8) is 0 Å². The fraction of sp³-hybridized carbons (Fsp3) is 0.345. The van der Waals surface area contributed by atoms with E-state index >= 15 is 0 Å². The largest absolute Gasteiger partial charge is 0.486 e. The van der Waals surface area contributed by atoms with Gasteiger partial charge in [-0.25, -0.2) is 13.4 Å². The van der Waals surface area contributed by atoms with Crippen LogP contribution in [0.15, 0.2) is 65.8 Å². The van der Waals surface area contributed by atoms with E-state index in [-0.39, 0.29) is 23.4 Å². The van der Waals surface area contributed by atoms with Crippen LogP contribution in [0.3, 0.4) is 0 Å². The Morgan fingerprint density at radius 2 is 1.75 bits per heavy atom. The van der Waals surface area contributed by atoms with E-state index in [0.29, 0.717) is 40.9 Å². The van der Waals surface area contributed by atoms with Crippen LogP contribution in [-0.4, -0.2) is 54.9 Å². The minimum Gasteiger partial charge on any atom is -0.486 e. The summed E-state index contributed by atoms with van der Waals surface area (Å²) in [6.45, 7) is 1.21. The first-order valence-corrected chi connectivity index (χ1v) is 15.6. The van der Waals surface area contributed by atoms with Crippen molar-refractivity contribution in [1.82, 2.24) is 14.3 Å². The molecule has 1 aliphatic heterocycles. The number of nitrogens with zero attached hydrogens (tertiary/aromatic N) is 4. The van der Waals surface area contributed by atoms with Crippen LogP contribution < -0.4 is 14.4 Å². The highest BCUT2D eigenvalue weighted by Crippen LogP contribution is 2.39. The Bertz CT molecular complexity index is 1570. The lowest BCUT2D eigenvalue weighted by molar-refractivity contribution is 0.0985. The normalized spacial score (nSPS) is 15.8. The molecule has 1 saturated carbocycles. The average molecular weight is 579 g/mol. The molecule has 0 radical (unpaired) electrons. The number of hydrogen-bond acceptors (Lipinski definition) is 8. The molecule has 1 fully saturated rings. The Morgan fingerprint density at radius 1 is 1.02 bits per heavy atom. The lowest BCUT2D eigenvalue weighted by Gasteiger charge is -2.30. The summed E-state index contributed by atoms with van der Waals surface area (Å²) in [5.41, 5.74) is 1.92. The lowest BCUT2D eigenvalue weighted by Crippen LogP contribution is -2.38. The van der Waals surface area contributed by atoms with E-state index in [1.54, 1.807) is 36.5 Å². The molecule has 2 aliphatic rings. The summed E-state index contributed by atoms with van der Waals surface area (Å²) in [4.78, 5) is 24.6. The number of amides is 1. The maximum Gasteiger partial charge on any atom is 0.260 e. The molecule has 40 heavy (non-hydrogen) atoms. The van der Waals surface area contributed by atoms with Gasteiger partial charge in [0.05, 0.1) is 21.7 Å². The Morgan fingerprint density at radius 3 is 2.45 bits per heavy atom. The second kappa shape index (κ2) is 11.1. The number of pyridine rings is 1. The van der Waals surface area contributed by atoms with Gasteiger partial charge < -0.3 is 9.47 Å². The van der Waals surface area contributed by atoms with Crippen molar-refractivity contribution in [2.75, 3.05) is 25.2 Å². The van der Waals surface area contributed by atoms with Gasteiger partial charge >= 0.3 is 0 Å². The molecule has 1 aliphatic carbocycles. The Labute approximate surface area is 237 Å². The van der Waals surface area contributed by atoms with Crippen molar-refractivity contribution in [1.29, 1.82) is 0 Å². The zero-order chi connectivity index (χ0) is 27.7. The zero-order valence-corrected chi connectivity index (χ0v) is 23.8. The van der Waals surface area contributed by atoms with E-state index in [1.807, 2.05) is 24.3 Å². The number of carbonyl (C=O) groups excluding carboxylic acids is 1. The van der Waals surface area contributed by atoms with Gasteiger partial charge in [0.25, 0.3) is 5.91 Å². The molecule has 0 atom stereocenters. The Kier molecular flexibility index (Phi) is 7.43. The predicted octanol–water partition coefficient (Wildman–Crippen LogP) is 5.26. The van der Waals surface area contributed by atoms with Crippen molar-refractivity contribution < 1.29 is 22.7 Å². The topological polar surface area (TPSA) is 102 Å². The summed E-state index contributed by atoms with van der Waals surface area (Å²) in [5, 5.41) is 0.514. The van der Waals surface area contributed by atoms with Gasteiger partial charge in [-0.05, 0) is 48.7 Å². The van der Waals surface area contributed by atoms with E-state index in [9.17, 15) is 13.2 Å². The standard InChI is InChI=1S/C29H30N4O5S2/c1-32(22-7-3-2-4-8-22)40(35,36)23-11-9-21(10-12-23)28(34)33(19-20-6-5-13-30-18-20)29-31-24-16-25-26(17-27(24)39-29)38-15-14-37-25/h5-6,9-13,16-18,22H,2-4,7-8,14-15,19H2,1H3. The van der Waals surface area contributed by atoms with E-state index < -0.39 is 10.0 Å². The molecule has 208 valence electrons. The summed E-state index contributed by atoms with van der Waals surface area (Å²) >= 11 is 1.38. The van der Waals surface area contributed by atoms with Crippen LogP contribution in [0.25, 0.3) is 10.2 Å². The van der Waals surface area contributed by atoms with Crippen LogP contribution in [0.4, 0.5) is 5.13 Å². The molecule has 2 aromatic heterocycles. The molecular weight excluding hydrogens is 548 g/mol. The number of fused-ring (bicyclic) bond motifs is 2. The fourth-order valence-corrected chi connectivity index (χ4v) is 7.59. The summed E-state index contributed by atoms with van der Waals surface area (Å²) in [5.74, 6) is 1.01. The van der Waals surface area contributed by atoms with Crippen LogP contribution in [0.1, 0.15) is 48.0 Å². The molecule has 0 spiro atoms. The summed E-state index contributed by atoms with van der Waals surface area (Å²) in [7, 11) is -2.01. The fourth-order valence-electron chi connectivity index (χ4n) is 5.20. The van der Waals surface area contributed by atoms with Crippen molar-refractivity contribution >= 4 is 42.6 Å². The van der Waals surface area contributed by atoms with Crippen molar-refractivity contribution in [3.8, 4) is 11.5 Å². The van der Waals surface area contributed by atoms with Gasteiger partial charge in [0.1, 0.15) is 13.2 Å². The molecular formula is C29H30N4O5S2. The molecule has 0 unspecified atom stereocenters. The third-order valence-corrected chi connectivity index (χ3v) is 10.4. The molecule has 9 nitrogen and oxygen atoms in total. The van der Waals surface area contributed by atoms with Gasteiger partial charge in [0, 0.05) is 43.2 Å². The Hall–Kier alpha value is -3.54. The van der Waals surface area contributed by atoms with Crippen LogP contribution in [0.2, 0.25) is 0 Å².